The summed E-state index contributed by atoms with van der Waals surface area (Å²) >= 11 is 3.38. The average molecular weight is 376 g/mol. The van der Waals surface area contributed by atoms with Crippen molar-refractivity contribution in [3.63, 3.8) is 0 Å². The van der Waals surface area contributed by atoms with E-state index in [1.54, 1.807) is 0 Å². The Kier molecular flexibility index (Phi) is 5.47. The zero-order valence-corrected chi connectivity index (χ0v) is 15.5. The van der Waals surface area contributed by atoms with Gasteiger partial charge >= 0.3 is 0 Å². The van der Waals surface area contributed by atoms with E-state index in [1.807, 2.05) is 37.3 Å². The first kappa shape index (κ1) is 17.5. The number of halogens is 1. The van der Waals surface area contributed by atoms with Crippen LogP contribution in [0.5, 0.6) is 5.75 Å². The zero-order chi connectivity index (χ0) is 17.0. The van der Waals surface area contributed by atoms with Gasteiger partial charge in [-0.1, -0.05) is 54.9 Å². The molecule has 122 valence electrons. The Labute approximate surface area is 146 Å². The summed E-state index contributed by atoms with van der Waals surface area (Å²) < 4.78 is 6.71. The minimum atomic E-state index is -0.176. The first-order chi connectivity index (χ1) is 10.8. The van der Waals surface area contributed by atoms with E-state index < -0.39 is 0 Å². The van der Waals surface area contributed by atoms with E-state index in [9.17, 15) is 4.79 Å². The van der Waals surface area contributed by atoms with Crippen molar-refractivity contribution in [1.82, 2.24) is 0 Å². The minimum absolute atomic E-state index is 0.0148. The van der Waals surface area contributed by atoms with Crippen LogP contribution in [0.2, 0.25) is 0 Å². The predicted molar refractivity (Wildman–Crippen MR) is 98.1 cm³/mol. The molecule has 3 nitrogen and oxygen atoms in total. The minimum Gasteiger partial charge on any atom is -0.483 e. The lowest BCUT2D eigenvalue weighted by atomic mass is 9.86. The van der Waals surface area contributed by atoms with E-state index in [2.05, 4.69) is 54.2 Å². The highest BCUT2D eigenvalue weighted by Gasteiger charge is 2.19. The van der Waals surface area contributed by atoms with Gasteiger partial charge in [-0.2, -0.15) is 0 Å². The molecule has 0 heterocycles. The van der Waals surface area contributed by atoms with Crippen LogP contribution in [0.25, 0.3) is 0 Å². The van der Waals surface area contributed by atoms with Gasteiger partial charge in [-0.25, -0.2) is 0 Å². The van der Waals surface area contributed by atoms with Crippen molar-refractivity contribution in [2.75, 3.05) is 11.9 Å². The Morgan fingerprint density at radius 2 is 1.91 bits per heavy atom. The second-order valence-corrected chi connectivity index (χ2v) is 7.51. The Bertz CT molecular complexity index is 705. The maximum atomic E-state index is 12.1. The number of carbonyl (C=O) groups excluding carboxylic acids is 1. The predicted octanol–water partition coefficient (Wildman–Crippen LogP) is 5.07. The van der Waals surface area contributed by atoms with Crippen molar-refractivity contribution in [1.29, 1.82) is 0 Å². The number of hydrogen-bond acceptors (Lipinski definition) is 2. The molecule has 2 aromatic carbocycles. The number of nitrogens with one attached hydrogen (secondary N) is 1. The maximum absolute atomic E-state index is 12.1. The van der Waals surface area contributed by atoms with Crippen molar-refractivity contribution in [2.45, 2.75) is 33.1 Å². The van der Waals surface area contributed by atoms with Crippen LogP contribution >= 0.6 is 15.9 Å². The summed E-state index contributed by atoms with van der Waals surface area (Å²) in [6, 6.07) is 13.6. The topological polar surface area (TPSA) is 38.3 Å². The third-order valence-corrected chi connectivity index (χ3v) is 3.91. The highest BCUT2D eigenvalue weighted by molar-refractivity contribution is 9.10. The van der Waals surface area contributed by atoms with Crippen LogP contribution in [-0.2, 0) is 10.2 Å². The summed E-state index contributed by atoms with van der Waals surface area (Å²) in [5, 5.41) is 2.83. The summed E-state index contributed by atoms with van der Waals surface area (Å²) in [5.41, 5.74) is 2.91. The summed E-state index contributed by atoms with van der Waals surface area (Å²) in [7, 11) is 0. The lowest BCUT2D eigenvalue weighted by molar-refractivity contribution is -0.118. The molecule has 0 fully saturated rings. The third kappa shape index (κ3) is 5.10. The molecule has 0 atom stereocenters. The molecule has 4 heteroatoms. The van der Waals surface area contributed by atoms with Crippen molar-refractivity contribution >= 4 is 27.5 Å². The van der Waals surface area contributed by atoms with Crippen molar-refractivity contribution in [3.8, 4) is 5.75 Å². The SMILES string of the molecule is Cc1ccc(C(C)(C)C)c(OCC(=O)Nc2cccc(Br)c2)c1. The van der Waals surface area contributed by atoms with E-state index in [-0.39, 0.29) is 17.9 Å². The molecule has 1 N–H and O–H groups in total. The maximum Gasteiger partial charge on any atom is 0.262 e. The van der Waals surface area contributed by atoms with Gasteiger partial charge in [0.1, 0.15) is 5.75 Å². The normalized spacial score (nSPS) is 11.2. The highest BCUT2D eigenvalue weighted by Crippen LogP contribution is 2.32. The third-order valence-electron chi connectivity index (χ3n) is 3.41. The number of carbonyl (C=O) groups is 1. The molecule has 0 aliphatic heterocycles. The van der Waals surface area contributed by atoms with Gasteiger partial charge in [0.05, 0.1) is 0 Å². The fraction of sp³-hybridized carbons (Fsp3) is 0.316. The van der Waals surface area contributed by atoms with Crippen LogP contribution < -0.4 is 10.1 Å². The summed E-state index contributed by atoms with van der Waals surface area (Å²) in [6.07, 6.45) is 0. The summed E-state index contributed by atoms with van der Waals surface area (Å²) in [6.45, 7) is 8.39. The van der Waals surface area contributed by atoms with Crippen molar-refractivity contribution < 1.29 is 9.53 Å². The first-order valence-electron chi connectivity index (χ1n) is 7.55. The van der Waals surface area contributed by atoms with E-state index in [0.717, 1.165) is 27.0 Å². The number of hydrogen-bond donors (Lipinski definition) is 1. The second-order valence-electron chi connectivity index (χ2n) is 6.60. The Balaban J connectivity index is 2.06. The smallest absolute Gasteiger partial charge is 0.262 e. The number of aryl methyl sites for hydroxylation is 1. The molecule has 1 amide bonds. The van der Waals surface area contributed by atoms with Gasteiger partial charge in [-0.3, -0.25) is 4.79 Å². The van der Waals surface area contributed by atoms with Crippen LogP contribution in [-0.4, -0.2) is 12.5 Å². The number of rotatable bonds is 4. The highest BCUT2D eigenvalue weighted by atomic mass is 79.9. The fourth-order valence-electron chi connectivity index (χ4n) is 2.28. The number of anilines is 1. The molecule has 0 saturated heterocycles. The molecule has 0 aliphatic rings. The van der Waals surface area contributed by atoms with Crippen LogP contribution in [0.15, 0.2) is 46.9 Å². The van der Waals surface area contributed by atoms with Gasteiger partial charge in [0.25, 0.3) is 5.91 Å². The van der Waals surface area contributed by atoms with Gasteiger partial charge in [-0.05, 0) is 47.7 Å². The van der Waals surface area contributed by atoms with Gasteiger partial charge in [0.2, 0.25) is 0 Å². The van der Waals surface area contributed by atoms with E-state index in [4.69, 9.17) is 4.74 Å². The Hall–Kier alpha value is -1.81. The van der Waals surface area contributed by atoms with Crippen LogP contribution in [0.3, 0.4) is 0 Å². The lowest BCUT2D eigenvalue weighted by Gasteiger charge is -2.23. The molecule has 0 aliphatic carbocycles. The fourth-order valence-corrected chi connectivity index (χ4v) is 2.67. The molecule has 23 heavy (non-hydrogen) atoms. The molecule has 2 aromatic rings. The van der Waals surface area contributed by atoms with Crippen LogP contribution in [0.1, 0.15) is 31.9 Å². The van der Waals surface area contributed by atoms with Gasteiger partial charge in [0.15, 0.2) is 6.61 Å². The lowest BCUT2D eigenvalue weighted by Crippen LogP contribution is -2.22. The molecular weight excluding hydrogens is 354 g/mol. The molecule has 0 aromatic heterocycles. The Morgan fingerprint density at radius 3 is 2.57 bits per heavy atom. The molecule has 0 bridgehead atoms. The Morgan fingerprint density at radius 1 is 1.17 bits per heavy atom. The molecular formula is C19H22BrNO2. The largest absolute Gasteiger partial charge is 0.483 e. The molecule has 2 rings (SSSR count). The van der Waals surface area contributed by atoms with Crippen molar-refractivity contribution in [2.24, 2.45) is 0 Å². The zero-order valence-electron chi connectivity index (χ0n) is 13.9. The summed E-state index contributed by atoms with van der Waals surface area (Å²) in [5.74, 6) is 0.589. The van der Waals surface area contributed by atoms with Gasteiger partial charge in [0, 0.05) is 10.2 Å². The second kappa shape index (κ2) is 7.18. The summed E-state index contributed by atoms with van der Waals surface area (Å²) in [4.78, 5) is 12.1. The quantitative estimate of drug-likeness (QED) is 0.809. The number of amides is 1. The van der Waals surface area contributed by atoms with Gasteiger partial charge < -0.3 is 10.1 Å². The molecule has 0 unspecified atom stereocenters. The van der Waals surface area contributed by atoms with Crippen LogP contribution in [0, 0.1) is 6.92 Å². The van der Waals surface area contributed by atoms with Gasteiger partial charge in [-0.15, -0.1) is 0 Å². The van der Waals surface area contributed by atoms with E-state index >= 15 is 0 Å². The number of benzene rings is 2. The number of ether oxygens (including phenoxy) is 1. The first-order valence-corrected chi connectivity index (χ1v) is 8.34. The standard InChI is InChI=1S/C19H22BrNO2/c1-13-8-9-16(19(2,3)4)17(10-13)23-12-18(22)21-15-7-5-6-14(20)11-15/h5-11H,12H2,1-4H3,(H,21,22). The van der Waals surface area contributed by atoms with Crippen LogP contribution in [0.4, 0.5) is 5.69 Å². The average Bonchev–Trinajstić information content (AvgIpc) is 2.44. The van der Waals surface area contributed by atoms with E-state index in [0.29, 0.717) is 0 Å². The van der Waals surface area contributed by atoms with E-state index in [1.165, 1.54) is 0 Å². The molecule has 0 spiro atoms. The monoisotopic (exact) mass is 375 g/mol. The van der Waals surface area contributed by atoms with Crippen molar-refractivity contribution in [3.05, 3.63) is 58.1 Å². The molecule has 0 saturated carbocycles. The molecule has 0 radical (unpaired) electrons.